The number of benzene rings is 1. The minimum atomic E-state index is -0.275. The van der Waals surface area contributed by atoms with Gasteiger partial charge in [0.15, 0.2) is 0 Å². The first-order valence-electron chi connectivity index (χ1n) is 7.85. The van der Waals surface area contributed by atoms with Crippen molar-refractivity contribution in [1.29, 1.82) is 0 Å². The number of fused-ring (bicyclic) bond motifs is 1. The van der Waals surface area contributed by atoms with Gasteiger partial charge in [0.05, 0.1) is 6.42 Å². The van der Waals surface area contributed by atoms with E-state index in [-0.39, 0.29) is 17.8 Å². The second-order valence-electron chi connectivity index (χ2n) is 6.63. The van der Waals surface area contributed by atoms with Gasteiger partial charge in [0.1, 0.15) is 5.82 Å². The van der Waals surface area contributed by atoms with Crippen LogP contribution in [-0.2, 0) is 11.2 Å². The lowest BCUT2D eigenvalue weighted by atomic mass is 10.1. The topological polar surface area (TPSA) is 36.1 Å². The van der Waals surface area contributed by atoms with Crippen LogP contribution in [0.1, 0.15) is 39.0 Å². The molecular weight excluding hydrogens is 279 g/mol. The Labute approximate surface area is 131 Å². The molecule has 1 aromatic carbocycles. The number of nitrogens with zero attached hydrogens (tertiary/aromatic N) is 1. The van der Waals surface area contributed by atoms with Gasteiger partial charge in [-0.05, 0) is 50.5 Å². The molecule has 3 nitrogen and oxygen atoms in total. The highest BCUT2D eigenvalue weighted by molar-refractivity contribution is 5.90. The van der Waals surface area contributed by atoms with Crippen LogP contribution in [0, 0.1) is 18.7 Å². The molecule has 0 aliphatic rings. The van der Waals surface area contributed by atoms with E-state index in [1.54, 1.807) is 6.07 Å². The molecule has 120 valence electrons. The highest BCUT2D eigenvalue weighted by Gasteiger charge is 2.21. The molecule has 1 aromatic heterocycles. The van der Waals surface area contributed by atoms with Crippen LogP contribution >= 0.6 is 0 Å². The van der Waals surface area contributed by atoms with Gasteiger partial charge in [0, 0.05) is 29.2 Å². The van der Waals surface area contributed by atoms with Crippen LogP contribution in [0.2, 0.25) is 0 Å². The zero-order valence-corrected chi connectivity index (χ0v) is 14.0. The van der Waals surface area contributed by atoms with Crippen LogP contribution in [0.4, 0.5) is 4.39 Å². The molecule has 0 spiro atoms. The second kappa shape index (κ2) is 6.51. The van der Waals surface area contributed by atoms with Crippen molar-refractivity contribution in [2.45, 2.75) is 47.1 Å². The van der Waals surface area contributed by atoms with Crippen molar-refractivity contribution in [3.8, 4) is 0 Å². The lowest BCUT2D eigenvalue weighted by Gasteiger charge is -2.28. The Morgan fingerprint density at radius 3 is 2.55 bits per heavy atom. The SMILES string of the molecule is Cc1[nH]c2ccc(F)cc2c1CC(=O)N(CC(C)C)C(C)C. The fourth-order valence-electron chi connectivity index (χ4n) is 2.83. The van der Waals surface area contributed by atoms with Crippen molar-refractivity contribution >= 4 is 16.8 Å². The average molecular weight is 304 g/mol. The van der Waals surface area contributed by atoms with Gasteiger partial charge in [-0.25, -0.2) is 4.39 Å². The fourth-order valence-corrected chi connectivity index (χ4v) is 2.83. The first kappa shape index (κ1) is 16.5. The van der Waals surface area contributed by atoms with Crippen molar-refractivity contribution in [3.05, 3.63) is 35.3 Å². The number of nitrogens with one attached hydrogen (secondary N) is 1. The number of amides is 1. The fraction of sp³-hybridized carbons (Fsp3) is 0.500. The van der Waals surface area contributed by atoms with Gasteiger partial charge in [-0.15, -0.1) is 0 Å². The molecule has 2 aromatic rings. The molecule has 1 N–H and O–H groups in total. The summed E-state index contributed by atoms with van der Waals surface area (Å²) >= 11 is 0. The number of hydrogen-bond donors (Lipinski definition) is 1. The van der Waals surface area contributed by atoms with Gasteiger partial charge in [0.25, 0.3) is 0 Å². The smallest absolute Gasteiger partial charge is 0.227 e. The van der Waals surface area contributed by atoms with Crippen LogP contribution in [0.5, 0.6) is 0 Å². The van der Waals surface area contributed by atoms with Crippen LogP contribution in [0.3, 0.4) is 0 Å². The maximum atomic E-state index is 13.5. The molecule has 2 rings (SSSR count). The van der Waals surface area contributed by atoms with Gasteiger partial charge in [-0.3, -0.25) is 4.79 Å². The maximum absolute atomic E-state index is 13.5. The Morgan fingerprint density at radius 2 is 1.95 bits per heavy atom. The maximum Gasteiger partial charge on any atom is 0.227 e. The molecule has 1 amide bonds. The molecule has 0 saturated heterocycles. The molecule has 0 fully saturated rings. The molecule has 0 aliphatic heterocycles. The summed E-state index contributed by atoms with van der Waals surface area (Å²) in [5.74, 6) is 0.243. The van der Waals surface area contributed by atoms with E-state index in [9.17, 15) is 9.18 Å². The zero-order chi connectivity index (χ0) is 16.4. The third-order valence-electron chi connectivity index (χ3n) is 3.92. The third-order valence-corrected chi connectivity index (χ3v) is 3.92. The van der Waals surface area contributed by atoms with E-state index in [0.717, 1.165) is 28.7 Å². The number of carbonyl (C=O) groups excluding carboxylic acids is 1. The Balaban J connectivity index is 2.31. The molecule has 0 unspecified atom stereocenters. The van der Waals surface area contributed by atoms with E-state index in [4.69, 9.17) is 0 Å². The lowest BCUT2D eigenvalue weighted by Crippen LogP contribution is -2.40. The summed E-state index contributed by atoms with van der Waals surface area (Å²) in [6.45, 7) is 10.9. The van der Waals surface area contributed by atoms with E-state index in [0.29, 0.717) is 12.3 Å². The zero-order valence-electron chi connectivity index (χ0n) is 14.0. The number of halogens is 1. The Bertz CT molecular complexity index is 673. The summed E-state index contributed by atoms with van der Waals surface area (Å²) in [4.78, 5) is 17.8. The van der Waals surface area contributed by atoms with E-state index in [1.165, 1.54) is 12.1 Å². The van der Waals surface area contributed by atoms with Gasteiger partial charge in [-0.1, -0.05) is 13.8 Å². The van der Waals surface area contributed by atoms with Crippen molar-refractivity contribution in [2.24, 2.45) is 5.92 Å². The lowest BCUT2D eigenvalue weighted by molar-refractivity contribution is -0.132. The van der Waals surface area contributed by atoms with Crippen LogP contribution in [0.15, 0.2) is 18.2 Å². The number of rotatable bonds is 5. The molecule has 22 heavy (non-hydrogen) atoms. The van der Waals surface area contributed by atoms with Crippen molar-refractivity contribution in [2.75, 3.05) is 6.54 Å². The summed E-state index contributed by atoms with van der Waals surface area (Å²) in [5, 5.41) is 0.805. The molecule has 1 heterocycles. The van der Waals surface area contributed by atoms with E-state index in [2.05, 4.69) is 18.8 Å². The summed E-state index contributed by atoms with van der Waals surface area (Å²) in [6, 6.07) is 4.82. The van der Waals surface area contributed by atoms with Crippen molar-refractivity contribution in [3.63, 3.8) is 0 Å². The van der Waals surface area contributed by atoms with Gasteiger partial charge < -0.3 is 9.88 Å². The Kier molecular flexibility index (Phi) is 4.89. The highest BCUT2D eigenvalue weighted by atomic mass is 19.1. The quantitative estimate of drug-likeness (QED) is 0.888. The first-order valence-corrected chi connectivity index (χ1v) is 7.85. The normalized spacial score (nSPS) is 11.6. The summed E-state index contributed by atoms with van der Waals surface area (Å²) in [5.41, 5.74) is 2.71. The van der Waals surface area contributed by atoms with E-state index >= 15 is 0 Å². The predicted octanol–water partition coefficient (Wildman–Crippen LogP) is 4.05. The standard InChI is InChI=1S/C18H25FN2O/c1-11(2)10-21(12(3)4)18(22)9-15-13(5)20-17-7-6-14(19)8-16(15)17/h6-8,11-12,20H,9-10H2,1-5H3. The summed E-state index contributed by atoms with van der Waals surface area (Å²) < 4.78 is 13.5. The number of carbonyl (C=O) groups is 1. The molecule has 0 atom stereocenters. The summed E-state index contributed by atoms with van der Waals surface area (Å²) in [6.07, 6.45) is 0.306. The van der Waals surface area contributed by atoms with Gasteiger partial charge >= 0.3 is 0 Å². The Morgan fingerprint density at radius 1 is 1.27 bits per heavy atom. The van der Waals surface area contributed by atoms with Crippen molar-refractivity contribution < 1.29 is 9.18 Å². The second-order valence-corrected chi connectivity index (χ2v) is 6.63. The number of aromatic nitrogens is 1. The molecule has 0 aliphatic carbocycles. The molecule has 4 heteroatoms. The monoisotopic (exact) mass is 304 g/mol. The van der Waals surface area contributed by atoms with Gasteiger partial charge in [-0.2, -0.15) is 0 Å². The van der Waals surface area contributed by atoms with Crippen LogP contribution in [0.25, 0.3) is 10.9 Å². The number of aromatic amines is 1. The van der Waals surface area contributed by atoms with E-state index in [1.807, 2.05) is 25.7 Å². The van der Waals surface area contributed by atoms with Gasteiger partial charge in [0.2, 0.25) is 5.91 Å². The number of hydrogen-bond acceptors (Lipinski definition) is 1. The van der Waals surface area contributed by atoms with Crippen LogP contribution in [-0.4, -0.2) is 28.4 Å². The van der Waals surface area contributed by atoms with E-state index < -0.39 is 0 Å². The molecule has 0 radical (unpaired) electrons. The van der Waals surface area contributed by atoms with Crippen molar-refractivity contribution in [1.82, 2.24) is 9.88 Å². The molecule has 0 saturated carbocycles. The summed E-state index contributed by atoms with van der Waals surface area (Å²) in [7, 11) is 0. The van der Waals surface area contributed by atoms with Crippen LogP contribution < -0.4 is 0 Å². The molecule has 0 bridgehead atoms. The predicted molar refractivity (Wildman–Crippen MR) is 88.4 cm³/mol. The Hall–Kier alpha value is -1.84. The highest BCUT2D eigenvalue weighted by Crippen LogP contribution is 2.24. The number of H-pyrrole nitrogens is 1. The average Bonchev–Trinajstić information content (AvgIpc) is 2.72. The molecular formula is C18H25FN2O. The minimum Gasteiger partial charge on any atom is -0.358 e. The number of aryl methyl sites for hydroxylation is 1. The third kappa shape index (κ3) is 3.49. The minimum absolute atomic E-state index is 0.0944. The largest absolute Gasteiger partial charge is 0.358 e. The first-order chi connectivity index (χ1) is 10.3.